The van der Waals surface area contributed by atoms with Crippen LogP contribution in [0.25, 0.3) is 0 Å². The zero-order valence-electron chi connectivity index (χ0n) is 46.4. The fraction of sp³-hybridized carbons (Fsp3) is 0.419. The second-order valence-electron chi connectivity index (χ2n) is 20.3. The number of fused-ring (bicyclic) bond motifs is 1. The summed E-state index contributed by atoms with van der Waals surface area (Å²) in [6.45, 7) is 3.96. The van der Waals surface area contributed by atoms with Gasteiger partial charge in [0.2, 0.25) is 6.36 Å². The molecule has 22 heteroatoms. The molecular weight excluding hydrogens is 1120 g/mol. The highest BCUT2D eigenvalue weighted by atomic mass is 35.5. The largest absolute Gasteiger partial charge is 0.463 e. The lowest BCUT2D eigenvalue weighted by Crippen LogP contribution is -2.70. The van der Waals surface area contributed by atoms with Crippen molar-refractivity contribution < 1.29 is 94.7 Å². The zero-order chi connectivity index (χ0) is 59.3. The maximum Gasteiger partial charge on any atom is 0.321 e. The predicted octanol–water partition coefficient (Wildman–Crippen LogP) is 7.14. The molecule has 3 saturated heterocycles. The van der Waals surface area contributed by atoms with Crippen molar-refractivity contribution in [2.75, 3.05) is 19.1 Å². The monoisotopic (exact) mass is 1180 g/mol. The molecule has 4 aliphatic rings. The van der Waals surface area contributed by atoms with Crippen LogP contribution in [0.15, 0.2) is 146 Å². The first-order valence-corrected chi connectivity index (χ1v) is 27.9. The number of carbonyl (C=O) groups excluding carboxylic acids is 6. The maximum atomic E-state index is 18.0. The molecule has 0 unspecified atom stereocenters. The summed E-state index contributed by atoms with van der Waals surface area (Å²) in [7, 11) is 0. The lowest BCUT2D eigenvalue weighted by Gasteiger charge is -2.51. The van der Waals surface area contributed by atoms with Crippen LogP contribution in [0.3, 0.4) is 0 Å². The van der Waals surface area contributed by atoms with Gasteiger partial charge >= 0.3 is 23.9 Å². The number of carbonyl (C=O) groups is 6. The Hall–Kier alpha value is -7.02. The van der Waals surface area contributed by atoms with Crippen LogP contribution < -0.4 is 0 Å². The van der Waals surface area contributed by atoms with Crippen molar-refractivity contribution in [1.82, 2.24) is 4.90 Å². The quantitative estimate of drug-likeness (QED) is 0.0259. The molecule has 4 heterocycles. The molecule has 2 amide bonds. The zero-order valence-corrected chi connectivity index (χ0v) is 47.2. The topological polar surface area (TPSA) is 226 Å². The SMILES string of the molecule is CC(=O)OC[C@H]1O[C@@H](O[C@H]2[C@H](O[C@@H]3O[C@@H](C)[C@@H](OCc4ccccc4)[C@@H](OCc4ccccc4)[C@@H]3OCc3ccccc3)[C@@H](COCc3ccccc3)O[C@@H](F)[C@@H]2N2C(=O)c3ccccc3C2=O)[C@H](OC(C)=O)[C@@H](OC(=O)CCl)[C@H]1OC(C)=O. The van der Waals surface area contributed by atoms with Gasteiger partial charge in [-0.25, -0.2) is 4.39 Å². The van der Waals surface area contributed by atoms with E-state index in [4.69, 9.17) is 73.2 Å². The van der Waals surface area contributed by atoms with Gasteiger partial charge in [-0.3, -0.25) is 33.7 Å². The molecule has 0 bridgehead atoms. The third-order valence-electron chi connectivity index (χ3n) is 14.3. The van der Waals surface area contributed by atoms with E-state index < -0.39 is 147 Å². The van der Waals surface area contributed by atoms with Gasteiger partial charge in [0, 0.05) is 20.8 Å². The average molecular weight is 1180 g/mol. The molecule has 446 valence electrons. The molecule has 5 aromatic carbocycles. The number of hydrogen-bond acceptors (Lipinski definition) is 19. The molecule has 0 N–H and O–H groups in total. The van der Waals surface area contributed by atoms with E-state index in [1.54, 1.807) is 6.92 Å². The van der Waals surface area contributed by atoms with Crippen LogP contribution in [-0.2, 0) is 107 Å². The Kier molecular flexibility index (Phi) is 21.4. The van der Waals surface area contributed by atoms with Crippen LogP contribution in [-0.4, -0.2) is 152 Å². The summed E-state index contributed by atoms with van der Waals surface area (Å²) < 4.78 is 101. The molecule has 0 aromatic heterocycles. The first kappa shape index (κ1) is 61.5. The van der Waals surface area contributed by atoms with Crippen molar-refractivity contribution in [2.24, 2.45) is 0 Å². The highest BCUT2D eigenvalue weighted by Gasteiger charge is 2.61. The van der Waals surface area contributed by atoms with Gasteiger partial charge in [0.1, 0.15) is 61.3 Å². The van der Waals surface area contributed by atoms with E-state index in [1.807, 2.05) is 121 Å². The molecule has 0 aliphatic carbocycles. The number of ether oxygens (including phenoxy) is 13. The number of benzene rings is 5. The third-order valence-corrected chi connectivity index (χ3v) is 14.5. The van der Waals surface area contributed by atoms with E-state index in [0.29, 0.717) is 4.90 Å². The first-order valence-electron chi connectivity index (χ1n) is 27.4. The minimum atomic E-state index is -2.59. The normalized spacial score (nSPS) is 28.5. The lowest BCUT2D eigenvalue weighted by molar-refractivity contribution is -0.376. The highest BCUT2D eigenvalue weighted by Crippen LogP contribution is 2.41. The summed E-state index contributed by atoms with van der Waals surface area (Å²) in [6, 6.07) is 41.0. The summed E-state index contributed by atoms with van der Waals surface area (Å²) in [5.41, 5.74) is 3.02. The molecule has 0 radical (unpaired) electrons. The molecule has 20 nitrogen and oxygen atoms in total. The Morgan fingerprint density at radius 2 is 0.940 bits per heavy atom. The van der Waals surface area contributed by atoms with Gasteiger partial charge in [0.05, 0.1) is 50.3 Å². The number of halogens is 2. The summed E-state index contributed by atoms with van der Waals surface area (Å²) in [4.78, 5) is 81.8. The van der Waals surface area contributed by atoms with Gasteiger partial charge in [-0.05, 0) is 41.3 Å². The standard InChI is InChI=1S/C62H65ClFNO19/c1-36-50(74-31-41-21-11-6-12-22-41)54(75-32-42-23-13-7-14-24-42)56(76-33-43-25-15-8-16-26-43)61(77-36)83-51-46(34-72-30-40-19-9-5-10-20-40)80-58(64)49(65-59(70)44-27-17-18-28-45(44)60(65)71)53(51)84-62-57(79-39(4)68)55(82-48(69)29-63)52(78-38(3)67)47(81-62)35-73-37(2)66/h5-28,36,46-47,49-58,61-62H,29-35H2,1-4H3/t36-,46+,47+,49+,50+,51+,52-,53+,54+,55-,56-,57+,58+,61-,62-/m0/s1. The number of rotatable bonds is 24. The van der Waals surface area contributed by atoms with E-state index in [9.17, 15) is 28.8 Å². The van der Waals surface area contributed by atoms with Crippen LogP contribution in [0.5, 0.6) is 0 Å². The lowest BCUT2D eigenvalue weighted by atomic mass is 9.93. The van der Waals surface area contributed by atoms with Crippen molar-refractivity contribution in [2.45, 2.75) is 146 Å². The number of nitrogens with zero attached hydrogens (tertiary/aromatic N) is 1. The smallest absolute Gasteiger partial charge is 0.321 e. The maximum absolute atomic E-state index is 18.0. The van der Waals surface area contributed by atoms with Gasteiger partial charge in [-0.1, -0.05) is 133 Å². The number of alkyl halides is 2. The molecule has 84 heavy (non-hydrogen) atoms. The molecule has 15 atom stereocenters. The van der Waals surface area contributed by atoms with E-state index in [2.05, 4.69) is 0 Å². The Bertz CT molecular complexity index is 2970. The van der Waals surface area contributed by atoms with E-state index in [-0.39, 0.29) is 37.6 Å². The van der Waals surface area contributed by atoms with Gasteiger partial charge in [0.25, 0.3) is 11.8 Å². The Morgan fingerprint density at radius 3 is 1.45 bits per heavy atom. The van der Waals surface area contributed by atoms with Crippen molar-refractivity contribution >= 4 is 47.3 Å². The van der Waals surface area contributed by atoms with Gasteiger partial charge < -0.3 is 61.6 Å². The van der Waals surface area contributed by atoms with Crippen molar-refractivity contribution in [1.29, 1.82) is 0 Å². The highest BCUT2D eigenvalue weighted by molar-refractivity contribution is 6.26. The van der Waals surface area contributed by atoms with Crippen molar-refractivity contribution in [3.8, 4) is 0 Å². The number of esters is 4. The summed E-state index contributed by atoms with van der Waals surface area (Å²) >= 11 is 5.97. The molecule has 4 aliphatic heterocycles. The van der Waals surface area contributed by atoms with E-state index >= 15 is 4.39 Å². The van der Waals surface area contributed by atoms with Crippen LogP contribution in [0, 0.1) is 0 Å². The minimum absolute atomic E-state index is 0.0173. The average Bonchev–Trinajstić information content (AvgIpc) is 1.62. The van der Waals surface area contributed by atoms with E-state index in [1.165, 1.54) is 24.3 Å². The van der Waals surface area contributed by atoms with Gasteiger partial charge in [0.15, 0.2) is 30.9 Å². The number of imide groups is 1. The van der Waals surface area contributed by atoms with Crippen LogP contribution in [0.4, 0.5) is 4.39 Å². The summed E-state index contributed by atoms with van der Waals surface area (Å²) in [5.74, 6) is -6.42. The molecule has 0 saturated carbocycles. The minimum Gasteiger partial charge on any atom is -0.463 e. The molecule has 3 fully saturated rings. The first-order chi connectivity index (χ1) is 40.7. The van der Waals surface area contributed by atoms with Crippen molar-refractivity contribution in [3.63, 3.8) is 0 Å². The second kappa shape index (κ2) is 29.2. The van der Waals surface area contributed by atoms with Gasteiger partial charge in [-0.2, -0.15) is 0 Å². The fourth-order valence-electron chi connectivity index (χ4n) is 10.5. The Morgan fingerprint density at radius 1 is 0.488 bits per heavy atom. The summed E-state index contributed by atoms with van der Waals surface area (Å²) in [5, 5.41) is 0. The van der Waals surface area contributed by atoms with Gasteiger partial charge in [-0.15, -0.1) is 11.6 Å². The molecule has 5 aromatic rings. The molecular formula is C62H65ClFNO19. The van der Waals surface area contributed by atoms with Crippen LogP contribution in [0.1, 0.15) is 70.7 Å². The molecule has 9 rings (SSSR count). The van der Waals surface area contributed by atoms with Crippen LogP contribution in [0.2, 0.25) is 0 Å². The second-order valence-corrected chi connectivity index (χ2v) is 20.6. The fourth-order valence-corrected chi connectivity index (χ4v) is 10.6. The third kappa shape index (κ3) is 15.3. The van der Waals surface area contributed by atoms with Crippen molar-refractivity contribution in [3.05, 3.63) is 179 Å². The van der Waals surface area contributed by atoms with Crippen LogP contribution >= 0.6 is 11.6 Å². The molecule has 0 spiro atoms. The van der Waals surface area contributed by atoms with E-state index in [0.717, 1.165) is 43.0 Å². The Labute approximate surface area is 489 Å². The number of amides is 2. The number of hydrogen-bond donors (Lipinski definition) is 0. The predicted molar refractivity (Wildman–Crippen MR) is 293 cm³/mol. The summed E-state index contributed by atoms with van der Waals surface area (Å²) in [6.07, 6.45) is -22.3. The Balaban J connectivity index is 1.19.